The van der Waals surface area contributed by atoms with Crippen LogP contribution in [0.25, 0.3) is 11.1 Å². The lowest BCUT2D eigenvalue weighted by atomic mass is 9.91. The zero-order valence-corrected chi connectivity index (χ0v) is 57.6. The number of halogens is 2. The van der Waals surface area contributed by atoms with Crippen LogP contribution < -0.4 is 48.9 Å². The lowest BCUT2D eigenvalue weighted by Gasteiger charge is -2.26. The molecule has 6 amide bonds. The number of hydrogen-bond acceptors (Lipinski definition) is 23. The fourth-order valence-corrected chi connectivity index (χ4v) is 11.1. The van der Waals surface area contributed by atoms with Crippen LogP contribution in [0.15, 0.2) is 82.4 Å². The van der Waals surface area contributed by atoms with E-state index in [2.05, 4.69) is 44.5 Å². The second kappa shape index (κ2) is 44.3. The van der Waals surface area contributed by atoms with Crippen LogP contribution in [0.3, 0.4) is 0 Å². The summed E-state index contributed by atoms with van der Waals surface area (Å²) in [6.07, 6.45) is -17.9. The average molecular weight is 1480 g/mol. The Bertz CT molecular complexity index is 3570. The van der Waals surface area contributed by atoms with E-state index in [4.69, 9.17) is 15.9 Å². The van der Waals surface area contributed by atoms with Crippen molar-refractivity contribution in [2.45, 2.75) is 189 Å². The lowest BCUT2D eigenvalue weighted by Crippen LogP contribution is -2.53. The Kier molecular flexibility index (Phi) is 37.4. The van der Waals surface area contributed by atoms with Crippen LogP contribution in [0, 0.1) is 24.5 Å². The van der Waals surface area contributed by atoms with Gasteiger partial charge >= 0.3 is 17.6 Å². The zero-order valence-electron chi connectivity index (χ0n) is 56.7. The van der Waals surface area contributed by atoms with Crippen molar-refractivity contribution in [3.05, 3.63) is 128 Å². The Morgan fingerprint density at radius 2 is 1.10 bits per heavy atom. The Labute approximate surface area is 596 Å². The molecule has 0 radical (unpaired) electrons. The second-order valence-corrected chi connectivity index (χ2v) is 25.2. The molecule has 0 aliphatic heterocycles. The van der Waals surface area contributed by atoms with Gasteiger partial charge in [0.15, 0.2) is 5.78 Å². The standard InChI is InChI=1S/C68H95F2N9O23S/c1-37-59(66(99)79(33-45(71)39-13-6-5-7-14-39)68(102)78(37)32-42-43(69)16-11-17-44(42)70)40-15-10-12-38(28-40)19-23-54(87)72-27-9-4-2-3-8-18-57(90)75-47(21-25-56(89)74-31-51(84)61(94)63(96)53(86)35-81)65(98)76-46(22-26-58(91)92)49(82)29-41(64(97)77-48(36-103)67(100)101)20-24-55(88)73-30-50(83)60(93)62(95)52(85)34-80/h5-7,10-17,28,41,45-48,50-53,60-63,80-81,83-86,93-96,103H,2-4,8-9,18-27,29-36,71H2,1H3,(H,72,87)(H,73,88)(H,74,89)(H,75,90)(H,76,98)(H,77,97)(H,91,92)(H,100,101)/t41-,45+,46+,47+,48+,50-,51-,52+,53+,60+,61+,62+,63+/m0/s1. The molecule has 20 N–H and O–H groups in total. The number of aromatic nitrogens is 2. The SMILES string of the molecule is Cc1c(-c2cccc(CCC(=O)NCCCCCCCC(=O)N[C@H](CCC(=O)NC[C@H](O)[C@@H](O)[C@H](O)[C@H](O)CO)C(=O)N[C@H](CCC(=O)O)C(=O)C[C@H](CCC(=O)NC[C@H](O)[C@@H](O)[C@H](O)[C@H](O)CO)C(=O)N[C@H](CS)C(=O)O)c2)c(=O)n(C[C@@H](N)c2ccccc2)c(=O)n1Cc1c(F)cccc1F. The molecule has 0 saturated carbocycles. The maximum absolute atomic E-state index is 15.0. The number of carboxylic acid groups (broad SMARTS) is 2. The lowest BCUT2D eigenvalue weighted by molar-refractivity contribution is -0.142. The number of aryl methyl sites for hydroxylation is 1. The number of aliphatic hydroxyl groups excluding tert-OH is 10. The number of Topliss-reactive ketones (excluding diaryl/α,β-unsaturated/α-hetero) is 1. The van der Waals surface area contributed by atoms with Gasteiger partial charge in [-0.15, -0.1) is 0 Å². The summed E-state index contributed by atoms with van der Waals surface area (Å²) in [5.74, 6) is -12.9. The molecule has 3 aromatic carbocycles. The number of nitrogens with two attached hydrogens (primary N) is 1. The van der Waals surface area contributed by atoms with E-state index in [1.165, 1.54) is 13.0 Å². The van der Waals surface area contributed by atoms with Gasteiger partial charge in [0.2, 0.25) is 35.4 Å². The molecule has 1 aromatic heterocycles. The number of carbonyl (C=O) groups excluding carboxylic acids is 7. The highest BCUT2D eigenvalue weighted by Crippen LogP contribution is 2.24. The highest BCUT2D eigenvalue weighted by Gasteiger charge is 2.35. The number of ketones is 1. The Hall–Kier alpha value is -8.46. The molecule has 0 aliphatic carbocycles. The molecule has 103 heavy (non-hydrogen) atoms. The predicted molar refractivity (Wildman–Crippen MR) is 367 cm³/mol. The number of thiol groups is 1. The molecule has 35 heteroatoms. The molecule has 13 atom stereocenters. The first kappa shape index (κ1) is 86.9. The van der Waals surface area contributed by atoms with Gasteiger partial charge in [-0.05, 0) is 74.3 Å². The minimum Gasteiger partial charge on any atom is -0.481 e. The molecule has 0 aliphatic rings. The van der Waals surface area contributed by atoms with Crippen molar-refractivity contribution in [1.82, 2.24) is 41.0 Å². The fraction of sp³-hybridized carbons (Fsp3) is 0.544. The molecular weight excluding hydrogens is 1380 g/mol. The van der Waals surface area contributed by atoms with E-state index in [0.717, 1.165) is 21.3 Å². The summed E-state index contributed by atoms with van der Waals surface area (Å²) in [6.45, 7) is -2.46. The van der Waals surface area contributed by atoms with Crippen molar-refractivity contribution >= 4 is 65.8 Å². The van der Waals surface area contributed by atoms with E-state index in [9.17, 15) is 104 Å². The topological polar surface area (TPSA) is 539 Å². The van der Waals surface area contributed by atoms with Crippen LogP contribution in [-0.4, -0.2) is 229 Å². The van der Waals surface area contributed by atoms with Crippen LogP contribution >= 0.6 is 12.6 Å². The maximum atomic E-state index is 15.0. The van der Waals surface area contributed by atoms with E-state index in [1.807, 2.05) is 0 Å². The van der Waals surface area contributed by atoms with Crippen LogP contribution in [0.1, 0.15) is 118 Å². The highest BCUT2D eigenvalue weighted by molar-refractivity contribution is 7.80. The van der Waals surface area contributed by atoms with E-state index < -0.39 is 233 Å². The quantitative estimate of drug-likeness (QED) is 0.0155. The number of nitrogens with zero attached hydrogens (tertiary/aromatic N) is 2. The third-order valence-electron chi connectivity index (χ3n) is 17.1. The number of carbonyl (C=O) groups is 9. The summed E-state index contributed by atoms with van der Waals surface area (Å²) in [7, 11) is 0. The first-order valence-corrected chi connectivity index (χ1v) is 34.1. The second-order valence-electron chi connectivity index (χ2n) is 24.9. The number of hydrogen-bond donors (Lipinski definition) is 20. The van der Waals surface area contributed by atoms with Gasteiger partial charge in [-0.3, -0.25) is 52.3 Å². The number of aliphatic carboxylic acids is 2. The van der Waals surface area contributed by atoms with Crippen molar-refractivity contribution in [2.75, 3.05) is 38.6 Å². The largest absolute Gasteiger partial charge is 0.481 e. The minimum absolute atomic E-state index is 0.0344. The molecule has 4 rings (SSSR count). The molecule has 32 nitrogen and oxygen atoms in total. The summed E-state index contributed by atoms with van der Waals surface area (Å²) >= 11 is 3.92. The van der Waals surface area contributed by atoms with Crippen LogP contribution in [-0.2, 0) is 62.7 Å². The normalized spacial score (nSPS) is 15.3. The fourth-order valence-electron chi connectivity index (χ4n) is 10.9. The monoisotopic (exact) mass is 1480 g/mol. The molecule has 0 unspecified atom stereocenters. The third kappa shape index (κ3) is 28.3. The van der Waals surface area contributed by atoms with Crippen LogP contribution in [0.2, 0.25) is 0 Å². The molecule has 0 fully saturated rings. The van der Waals surface area contributed by atoms with Crippen molar-refractivity contribution in [1.29, 1.82) is 0 Å². The Morgan fingerprint density at radius 1 is 0.563 bits per heavy atom. The van der Waals surface area contributed by atoms with E-state index >= 15 is 8.78 Å². The van der Waals surface area contributed by atoms with Crippen molar-refractivity contribution in [3.63, 3.8) is 0 Å². The molecule has 4 aromatic rings. The number of amides is 6. The van der Waals surface area contributed by atoms with Gasteiger partial charge in [0.05, 0.1) is 50.1 Å². The number of nitrogens with one attached hydrogen (secondary N) is 6. The third-order valence-corrected chi connectivity index (χ3v) is 17.5. The first-order chi connectivity index (χ1) is 48.8. The van der Waals surface area contributed by atoms with E-state index in [0.29, 0.717) is 42.4 Å². The summed E-state index contributed by atoms with van der Waals surface area (Å²) in [6, 6.07) is 13.0. The minimum atomic E-state index is -2.06. The van der Waals surface area contributed by atoms with Crippen LogP contribution in [0.5, 0.6) is 0 Å². The van der Waals surface area contributed by atoms with Gasteiger partial charge in [0, 0.05) is 87.1 Å². The molecule has 0 spiro atoms. The molecule has 1 heterocycles. The summed E-state index contributed by atoms with van der Waals surface area (Å²) in [5.41, 5.74) is 6.49. The average Bonchev–Trinajstić information content (AvgIpc) is 0.761. The van der Waals surface area contributed by atoms with Gasteiger partial charge in [-0.25, -0.2) is 18.4 Å². The molecule has 0 saturated heterocycles. The predicted octanol–water partition coefficient (Wildman–Crippen LogP) is -3.03. The molecular formula is C68H95F2N9O23S. The number of rotatable bonds is 48. The summed E-state index contributed by atoms with van der Waals surface area (Å²) < 4.78 is 32.1. The van der Waals surface area contributed by atoms with Crippen molar-refractivity contribution in [3.8, 4) is 11.1 Å². The van der Waals surface area contributed by atoms with Crippen molar-refractivity contribution < 1.29 is 113 Å². The van der Waals surface area contributed by atoms with Gasteiger partial charge in [-0.1, -0.05) is 79.9 Å². The summed E-state index contributed by atoms with van der Waals surface area (Å²) in [5, 5.41) is 132. The van der Waals surface area contributed by atoms with Gasteiger partial charge in [0.1, 0.15) is 60.3 Å². The van der Waals surface area contributed by atoms with Gasteiger partial charge in [-0.2, -0.15) is 12.6 Å². The number of carboxylic acids is 2. The van der Waals surface area contributed by atoms with Crippen molar-refractivity contribution in [2.24, 2.45) is 11.7 Å². The Balaban J connectivity index is 1.41. The Morgan fingerprint density at radius 3 is 1.67 bits per heavy atom. The molecule has 570 valence electrons. The van der Waals surface area contributed by atoms with Gasteiger partial charge in [0.25, 0.3) is 5.56 Å². The number of benzene rings is 3. The van der Waals surface area contributed by atoms with E-state index in [-0.39, 0.29) is 61.5 Å². The van der Waals surface area contributed by atoms with E-state index in [1.54, 1.807) is 54.6 Å². The maximum Gasteiger partial charge on any atom is 0.331 e. The van der Waals surface area contributed by atoms with Gasteiger partial charge < -0.3 is 98.9 Å². The highest BCUT2D eigenvalue weighted by atomic mass is 32.1. The summed E-state index contributed by atoms with van der Waals surface area (Å²) in [4.78, 5) is 147. The first-order valence-electron chi connectivity index (χ1n) is 33.5. The van der Waals surface area contributed by atoms with Crippen LogP contribution in [0.4, 0.5) is 8.78 Å². The smallest absolute Gasteiger partial charge is 0.331 e. The zero-order chi connectivity index (χ0) is 76.6. The number of unbranched alkanes of at least 4 members (excludes halogenated alkanes) is 4. The molecule has 0 bridgehead atoms. The number of aliphatic hydroxyl groups is 10.